The van der Waals surface area contributed by atoms with Crippen molar-refractivity contribution in [1.82, 2.24) is 5.32 Å². The lowest BCUT2D eigenvalue weighted by atomic mass is 9.78. The van der Waals surface area contributed by atoms with E-state index in [0.29, 0.717) is 11.8 Å². The Bertz CT molecular complexity index is 418. The third-order valence-corrected chi connectivity index (χ3v) is 3.87. The topological polar surface area (TPSA) is 21.3 Å². The largest absolute Gasteiger partial charge is 0.488 e. The first kappa shape index (κ1) is 14.3. The number of hydrogen-bond donors (Lipinski definition) is 1. The molecule has 4 heteroatoms. The molecule has 0 aliphatic heterocycles. The lowest BCUT2D eigenvalue weighted by Gasteiger charge is -2.39. The lowest BCUT2D eigenvalue weighted by molar-refractivity contribution is 0.0502. The fourth-order valence-electron chi connectivity index (χ4n) is 3.06. The second kappa shape index (κ2) is 5.87. The Morgan fingerprint density at radius 2 is 1.74 bits per heavy atom. The zero-order chi connectivity index (χ0) is 14.0. The maximum atomic E-state index is 13.2. The molecule has 0 heterocycles. The highest BCUT2D eigenvalue weighted by Crippen LogP contribution is 2.32. The molecule has 0 saturated heterocycles. The molecular formula is C15H21F2NO. The smallest absolute Gasteiger partial charge is 0.129 e. The molecule has 0 spiro atoms. The van der Waals surface area contributed by atoms with Gasteiger partial charge < -0.3 is 10.1 Å². The van der Waals surface area contributed by atoms with Gasteiger partial charge in [-0.3, -0.25) is 0 Å². The van der Waals surface area contributed by atoms with E-state index >= 15 is 0 Å². The van der Waals surface area contributed by atoms with Crippen molar-refractivity contribution in [1.29, 1.82) is 0 Å². The van der Waals surface area contributed by atoms with Crippen LogP contribution >= 0.6 is 0 Å². The van der Waals surface area contributed by atoms with Gasteiger partial charge in [0.15, 0.2) is 0 Å². The fraction of sp³-hybridized carbons (Fsp3) is 0.600. The van der Waals surface area contributed by atoms with Gasteiger partial charge >= 0.3 is 0 Å². The number of likely N-dealkylation sites (N-methyl/N-ethyl adjacent to an activating group) is 1. The van der Waals surface area contributed by atoms with Crippen LogP contribution in [0.1, 0.15) is 26.7 Å². The highest BCUT2D eigenvalue weighted by Gasteiger charge is 2.34. The van der Waals surface area contributed by atoms with E-state index in [4.69, 9.17) is 4.74 Å². The van der Waals surface area contributed by atoms with Crippen molar-refractivity contribution < 1.29 is 13.5 Å². The predicted octanol–water partition coefficient (Wildman–Crippen LogP) is 3.37. The Balaban J connectivity index is 2.15. The van der Waals surface area contributed by atoms with Crippen LogP contribution in [0, 0.1) is 23.5 Å². The van der Waals surface area contributed by atoms with Crippen LogP contribution in [-0.4, -0.2) is 19.2 Å². The molecule has 4 unspecified atom stereocenters. The standard InChI is InChI=1S/C15H21F2NO/c1-9-4-10(2)15(14(5-9)18-3)19-13-7-11(16)6-12(17)8-13/h6-10,14-15,18H,4-5H2,1-3H3. The summed E-state index contributed by atoms with van der Waals surface area (Å²) in [6.07, 6.45) is 2.03. The van der Waals surface area contributed by atoms with E-state index in [-0.39, 0.29) is 17.9 Å². The van der Waals surface area contributed by atoms with Crippen LogP contribution in [0.25, 0.3) is 0 Å². The van der Waals surface area contributed by atoms with E-state index in [2.05, 4.69) is 19.2 Å². The first-order valence-electron chi connectivity index (χ1n) is 6.79. The van der Waals surface area contributed by atoms with Crippen LogP contribution < -0.4 is 10.1 Å². The van der Waals surface area contributed by atoms with E-state index in [9.17, 15) is 8.78 Å². The Hall–Kier alpha value is -1.16. The Morgan fingerprint density at radius 3 is 2.32 bits per heavy atom. The van der Waals surface area contributed by atoms with Crippen LogP contribution in [-0.2, 0) is 0 Å². The van der Waals surface area contributed by atoms with E-state index in [1.54, 1.807) is 0 Å². The van der Waals surface area contributed by atoms with Gasteiger partial charge in [0.2, 0.25) is 0 Å². The SMILES string of the molecule is CNC1CC(C)CC(C)C1Oc1cc(F)cc(F)c1. The van der Waals surface area contributed by atoms with Crippen LogP contribution in [0.15, 0.2) is 18.2 Å². The maximum absolute atomic E-state index is 13.2. The molecule has 2 nitrogen and oxygen atoms in total. The number of ether oxygens (including phenoxy) is 1. The monoisotopic (exact) mass is 269 g/mol. The average molecular weight is 269 g/mol. The molecule has 2 rings (SSSR count). The number of nitrogens with one attached hydrogen (secondary N) is 1. The van der Waals surface area contributed by atoms with Crippen molar-refractivity contribution in [3.63, 3.8) is 0 Å². The van der Waals surface area contributed by atoms with Crippen molar-refractivity contribution in [2.24, 2.45) is 11.8 Å². The normalized spacial score (nSPS) is 31.2. The van der Waals surface area contributed by atoms with Gasteiger partial charge in [0.05, 0.1) is 0 Å². The summed E-state index contributed by atoms with van der Waals surface area (Å²) >= 11 is 0. The van der Waals surface area contributed by atoms with Crippen molar-refractivity contribution in [3.05, 3.63) is 29.8 Å². The third kappa shape index (κ3) is 3.44. The first-order chi connectivity index (χ1) is 8.99. The molecule has 1 saturated carbocycles. The van der Waals surface area contributed by atoms with Gasteiger partial charge in [-0.2, -0.15) is 0 Å². The molecule has 1 N–H and O–H groups in total. The minimum absolute atomic E-state index is 0.0533. The Labute approximate surface area is 113 Å². The van der Waals surface area contributed by atoms with Gasteiger partial charge in [-0.05, 0) is 31.7 Å². The minimum atomic E-state index is -0.604. The summed E-state index contributed by atoms with van der Waals surface area (Å²) in [5.41, 5.74) is 0. The molecule has 4 atom stereocenters. The summed E-state index contributed by atoms with van der Waals surface area (Å²) in [6, 6.07) is 3.54. The lowest BCUT2D eigenvalue weighted by Crippen LogP contribution is -2.49. The number of benzene rings is 1. The molecule has 0 bridgehead atoms. The zero-order valence-corrected chi connectivity index (χ0v) is 11.6. The van der Waals surface area contributed by atoms with Gasteiger partial charge in [0.25, 0.3) is 0 Å². The van der Waals surface area contributed by atoms with Crippen molar-refractivity contribution in [3.8, 4) is 5.75 Å². The fourth-order valence-corrected chi connectivity index (χ4v) is 3.06. The van der Waals surface area contributed by atoms with Crippen molar-refractivity contribution in [2.45, 2.75) is 38.8 Å². The molecule has 0 amide bonds. The molecule has 1 aromatic carbocycles. The molecule has 1 aliphatic carbocycles. The predicted molar refractivity (Wildman–Crippen MR) is 71.2 cm³/mol. The maximum Gasteiger partial charge on any atom is 0.129 e. The molecule has 0 aromatic heterocycles. The molecule has 1 aliphatic rings. The second-order valence-corrected chi connectivity index (χ2v) is 5.64. The summed E-state index contributed by atoms with van der Waals surface area (Å²) < 4.78 is 32.2. The zero-order valence-electron chi connectivity index (χ0n) is 11.6. The van der Waals surface area contributed by atoms with Crippen LogP contribution in [0.4, 0.5) is 8.78 Å². The summed E-state index contributed by atoms with van der Waals surface area (Å²) in [5, 5.41) is 3.25. The van der Waals surface area contributed by atoms with Gasteiger partial charge in [0, 0.05) is 24.2 Å². The van der Waals surface area contributed by atoms with Crippen LogP contribution in [0.3, 0.4) is 0 Å². The highest BCUT2D eigenvalue weighted by molar-refractivity contribution is 5.24. The summed E-state index contributed by atoms with van der Waals surface area (Å²) in [7, 11) is 1.90. The van der Waals surface area contributed by atoms with Gasteiger partial charge in [-0.1, -0.05) is 13.8 Å². The first-order valence-corrected chi connectivity index (χ1v) is 6.79. The Kier molecular flexibility index (Phi) is 4.40. The van der Waals surface area contributed by atoms with Crippen molar-refractivity contribution >= 4 is 0 Å². The quantitative estimate of drug-likeness (QED) is 0.908. The molecule has 1 aromatic rings. The average Bonchev–Trinajstić information content (AvgIpc) is 2.31. The molecule has 1 fully saturated rings. The number of rotatable bonds is 3. The van der Waals surface area contributed by atoms with Crippen molar-refractivity contribution in [2.75, 3.05) is 7.05 Å². The molecule has 0 radical (unpaired) electrons. The van der Waals surface area contributed by atoms with E-state index in [1.165, 1.54) is 12.1 Å². The molecule has 106 valence electrons. The summed E-state index contributed by atoms with van der Waals surface area (Å²) in [6.45, 7) is 4.35. The number of hydrogen-bond acceptors (Lipinski definition) is 2. The molecular weight excluding hydrogens is 248 g/mol. The minimum Gasteiger partial charge on any atom is -0.488 e. The van der Waals surface area contributed by atoms with Gasteiger partial charge in [-0.15, -0.1) is 0 Å². The Morgan fingerprint density at radius 1 is 1.11 bits per heavy atom. The molecule has 19 heavy (non-hydrogen) atoms. The van der Waals surface area contributed by atoms with E-state index in [1.807, 2.05) is 7.05 Å². The second-order valence-electron chi connectivity index (χ2n) is 5.64. The highest BCUT2D eigenvalue weighted by atomic mass is 19.1. The number of halogens is 2. The van der Waals surface area contributed by atoms with Gasteiger partial charge in [-0.25, -0.2) is 8.78 Å². The van der Waals surface area contributed by atoms with Crippen LogP contribution in [0.5, 0.6) is 5.75 Å². The van der Waals surface area contributed by atoms with E-state index < -0.39 is 11.6 Å². The summed E-state index contributed by atoms with van der Waals surface area (Å²) in [5.74, 6) is 0.0499. The third-order valence-electron chi connectivity index (χ3n) is 3.87. The van der Waals surface area contributed by atoms with Crippen LogP contribution in [0.2, 0.25) is 0 Å². The van der Waals surface area contributed by atoms with E-state index in [0.717, 1.165) is 18.9 Å². The summed E-state index contributed by atoms with van der Waals surface area (Å²) in [4.78, 5) is 0. The van der Waals surface area contributed by atoms with Gasteiger partial charge in [0.1, 0.15) is 23.5 Å².